The first kappa shape index (κ1) is 18.9. The van der Waals surface area contributed by atoms with Crippen LogP contribution in [0.15, 0.2) is 59.5 Å². The van der Waals surface area contributed by atoms with Crippen molar-refractivity contribution in [1.29, 1.82) is 0 Å². The van der Waals surface area contributed by atoms with Crippen LogP contribution in [0.25, 0.3) is 0 Å². The minimum absolute atomic E-state index is 0.112. The number of halogens is 1. The van der Waals surface area contributed by atoms with Gasteiger partial charge in [0.25, 0.3) is 0 Å². The Bertz CT molecular complexity index is 759. The fourth-order valence-electron chi connectivity index (χ4n) is 2.43. The lowest BCUT2D eigenvalue weighted by molar-refractivity contribution is 0.346. The standard InChI is InChI=1S/C18H23ClN2O2S/c1-14(15-7-5-4-6-8-15)21-18(2,3)13-20-24(22,23)17-11-9-16(19)10-12-17/h4-12,14,20-21H,13H2,1-3H3. The number of hydrogen-bond acceptors (Lipinski definition) is 3. The van der Waals surface area contributed by atoms with E-state index in [1.54, 1.807) is 12.1 Å². The lowest BCUT2D eigenvalue weighted by Crippen LogP contribution is -2.49. The van der Waals surface area contributed by atoms with Gasteiger partial charge in [-0.05, 0) is 50.6 Å². The van der Waals surface area contributed by atoms with Crippen molar-refractivity contribution in [2.75, 3.05) is 6.54 Å². The molecule has 0 saturated heterocycles. The average molecular weight is 367 g/mol. The lowest BCUT2D eigenvalue weighted by Gasteiger charge is -2.30. The second-order valence-corrected chi connectivity index (χ2v) is 8.64. The highest BCUT2D eigenvalue weighted by molar-refractivity contribution is 7.89. The summed E-state index contributed by atoms with van der Waals surface area (Å²) in [6.45, 7) is 6.27. The fraction of sp³-hybridized carbons (Fsp3) is 0.333. The molecule has 0 aromatic heterocycles. The molecule has 0 bridgehead atoms. The van der Waals surface area contributed by atoms with E-state index in [-0.39, 0.29) is 17.5 Å². The Morgan fingerprint density at radius 1 is 1.04 bits per heavy atom. The highest BCUT2D eigenvalue weighted by Crippen LogP contribution is 2.17. The summed E-state index contributed by atoms with van der Waals surface area (Å²) in [5.41, 5.74) is 0.750. The molecule has 2 aromatic carbocycles. The van der Waals surface area contributed by atoms with E-state index in [1.807, 2.05) is 44.2 Å². The number of rotatable bonds is 7. The highest BCUT2D eigenvalue weighted by Gasteiger charge is 2.24. The molecular formula is C18H23ClN2O2S. The first-order chi connectivity index (χ1) is 11.2. The SMILES string of the molecule is CC(NC(C)(C)CNS(=O)(=O)c1ccc(Cl)cc1)c1ccccc1. The molecule has 0 aliphatic rings. The molecule has 0 spiro atoms. The summed E-state index contributed by atoms with van der Waals surface area (Å²) < 4.78 is 27.4. The van der Waals surface area contributed by atoms with Gasteiger partial charge in [0.15, 0.2) is 0 Å². The zero-order valence-corrected chi connectivity index (χ0v) is 15.7. The highest BCUT2D eigenvalue weighted by atomic mass is 35.5. The van der Waals surface area contributed by atoms with E-state index in [9.17, 15) is 8.42 Å². The van der Waals surface area contributed by atoms with E-state index >= 15 is 0 Å². The summed E-state index contributed by atoms with van der Waals surface area (Å²) in [6.07, 6.45) is 0. The van der Waals surface area contributed by atoms with Crippen LogP contribution in [0.4, 0.5) is 0 Å². The molecule has 0 heterocycles. The fourth-order valence-corrected chi connectivity index (χ4v) is 3.77. The minimum Gasteiger partial charge on any atom is -0.304 e. The molecule has 130 valence electrons. The Morgan fingerprint density at radius 2 is 1.62 bits per heavy atom. The van der Waals surface area contributed by atoms with Crippen LogP contribution in [-0.4, -0.2) is 20.5 Å². The number of hydrogen-bond donors (Lipinski definition) is 2. The van der Waals surface area contributed by atoms with E-state index in [0.717, 1.165) is 5.56 Å². The molecule has 2 aromatic rings. The Balaban J connectivity index is 2.00. The Kier molecular flexibility index (Phi) is 6.04. The van der Waals surface area contributed by atoms with Crippen LogP contribution < -0.4 is 10.0 Å². The predicted octanol–water partition coefficient (Wildman–Crippen LogP) is 3.75. The van der Waals surface area contributed by atoms with Gasteiger partial charge in [-0.3, -0.25) is 0 Å². The maximum Gasteiger partial charge on any atom is 0.240 e. The van der Waals surface area contributed by atoms with E-state index < -0.39 is 15.6 Å². The van der Waals surface area contributed by atoms with E-state index in [0.29, 0.717) is 5.02 Å². The van der Waals surface area contributed by atoms with E-state index in [1.165, 1.54) is 12.1 Å². The minimum atomic E-state index is -3.56. The zero-order chi connectivity index (χ0) is 17.8. The third kappa shape index (κ3) is 5.31. The molecule has 1 unspecified atom stereocenters. The Labute approximate surface area is 149 Å². The van der Waals surface area contributed by atoms with Crippen molar-refractivity contribution in [3.8, 4) is 0 Å². The second kappa shape index (κ2) is 7.66. The molecule has 0 aliphatic carbocycles. The molecule has 2 N–H and O–H groups in total. The summed E-state index contributed by atoms with van der Waals surface area (Å²) in [7, 11) is -3.56. The summed E-state index contributed by atoms with van der Waals surface area (Å²) in [5, 5.41) is 3.96. The molecule has 4 nitrogen and oxygen atoms in total. The summed E-state index contributed by atoms with van der Waals surface area (Å²) in [5.74, 6) is 0. The third-order valence-corrected chi connectivity index (χ3v) is 5.40. The second-order valence-electron chi connectivity index (χ2n) is 6.44. The van der Waals surface area contributed by atoms with Gasteiger partial charge in [-0.2, -0.15) is 0 Å². The maximum atomic E-state index is 12.4. The molecule has 2 rings (SSSR count). The first-order valence-corrected chi connectivity index (χ1v) is 9.64. The van der Waals surface area contributed by atoms with Crippen molar-refractivity contribution in [3.63, 3.8) is 0 Å². The molecule has 0 aliphatic heterocycles. The van der Waals surface area contributed by atoms with E-state index in [4.69, 9.17) is 11.6 Å². The molecule has 0 amide bonds. The molecule has 0 saturated carbocycles. The number of nitrogens with one attached hydrogen (secondary N) is 2. The lowest BCUT2D eigenvalue weighted by atomic mass is 10.0. The molecule has 0 radical (unpaired) electrons. The Hall–Kier alpha value is -1.40. The predicted molar refractivity (Wildman–Crippen MR) is 98.7 cm³/mol. The molecule has 6 heteroatoms. The van der Waals surface area contributed by atoms with Crippen molar-refractivity contribution in [2.45, 2.75) is 37.2 Å². The Morgan fingerprint density at radius 3 is 2.21 bits per heavy atom. The van der Waals surface area contributed by atoms with Crippen LogP contribution in [-0.2, 0) is 10.0 Å². The molecule has 1 atom stereocenters. The summed E-state index contributed by atoms with van der Waals surface area (Å²) >= 11 is 5.80. The average Bonchev–Trinajstić information content (AvgIpc) is 2.54. The van der Waals surface area contributed by atoms with Gasteiger partial charge in [0.05, 0.1) is 4.90 Å². The molecular weight excluding hydrogens is 344 g/mol. The van der Waals surface area contributed by atoms with Crippen LogP contribution >= 0.6 is 11.6 Å². The van der Waals surface area contributed by atoms with Crippen LogP contribution in [0.2, 0.25) is 5.02 Å². The summed E-state index contributed by atoms with van der Waals surface area (Å²) in [4.78, 5) is 0.207. The monoisotopic (exact) mass is 366 g/mol. The number of benzene rings is 2. The number of sulfonamides is 1. The largest absolute Gasteiger partial charge is 0.304 e. The zero-order valence-electron chi connectivity index (χ0n) is 14.1. The summed E-state index contributed by atoms with van der Waals surface area (Å²) in [6, 6.07) is 16.3. The first-order valence-electron chi connectivity index (χ1n) is 7.77. The van der Waals surface area contributed by atoms with Gasteiger partial charge in [0.2, 0.25) is 10.0 Å². The molecule has 0 fully saturated rings. The van der Waals surface area contributed by atoms with Crippen molar-refractivity contribution < 1.29 is 8.42 Å². The van der Waals surface area contributed by atoms with Crippen LogP contribution in [0.1, 0.15) is 32.4 Å². The van der Waals surface area contributed by atoms with Crippen molar-refractivity contribution >= 4 is 21.6 Å². The van der Waals surface area contributed by atoms with Gasteiger partial charge in [-0.25, -0.2) is 13.1 Å². The van der Waals surface area contributed by atoms with Crippen molar-refractivity contribution in [1.82, 2.24) is 10.0 Å². The van der Waals surface area contributed by atoms with Gasteiger partial charge in [0, 0.05) is 23.1 Å². The van der Waals surface area contributed by atoms with Gasteiger partial charge >= 0.3 is 0 Å². The van der Waals surface area contributed by atoms with Gasteiger partial charge < -0.3 is 5.32 Å². The smallest absolute Gasteiger partial charge is 0.240 e. The van der Waals surface area contributed by atoms with Crippen LogP contribution in [0.3, 0.4) is 0 Å². The van der Waals surface area contributed by atoms with E-state index in [2.05, 4.69) is 17.0 Å². The van der Waals surface area contributed by atoms with Crippen molar-refractivity contribution in [2.24, 2.45) is 0 Å². The third-order valence-electron chi connectivity index (χ3n) is 3.73. The van der Waals surface area contributed by atoms with Gasteiger partial charge in [-0.1, -0.05) is 41.9 Å². The quantitative estimate of drug-likeness (QED) is 0.784. The van der Waals surface area contributed by atoms with Crippen molar-refractivity contribution in [3.05, 3.63) is 65.2 Å². The van der Waals surface area contributed by atoms with Gasteiger partial charge in [0.1, 0.15) is 0 Å². The normalized spacial score (nSPS) is 13.7. The van der Waals surface area contributed by atoms with Crippen LogP contribution in [0.5, 0.6) is 0 Å². The van der Waals surface area contributed by atoms with Gasteiger partial charge in [-0.15, -0.1) is 0 Å². The topological polar surface area (TPSA) is 58.2 Å². The molecule has 24 heavy (non-hydrogen) atoms. The maximum absolute atomic E-state index is 12.4. The van der Waals surface area contributed by atoms with Crippen LogP contribution in [0, 0.1) is 0 Å².